The molecule has 0 spiro atoms. The van der Waals surface area contributed by atoms with Gasteiger partial charge in [0.25, 0.3) is 11.6 Å². The zero-order valence-electron chi connectivity index (χ0n) is 17.0. The second kappa shape index (κ2) is 8.18. The Morgan fingerprint density at radius 3 is 2.64 bits per heavy atom. The number of ketones is 1. The summed E-state index contributed by atoms with van der Waals surface area (Å²) >= 11 is 8.78. The van der Waals surface area contributed by atoms with Crippen LogP contribution < -0.4 is 10.1 Å². The van der Waals surface area contributed by atoms with Gasteiger partial charge in [0.1, 0.15) is 5.52 Å². The molecule has 33 heavy (non-hydrogen) atoms. The van der Waals surface area contributed by atoms with Crippen molar-refractivity contribution >= 4 is 67.0 Å². The number of halogens is 1. The second-order valence-corrected chi connectivity index (χ2v) is 10.1. The number of anilines is 1. The van der Waals surface area contributed by atoms with E-state index in [-0.39, 0.29) is 16.4 Å². The number of nitrogens with zero attached hydrogens (tertiary/aromatic N) is 2. The molecule has 7 nitrogen and oxygen atoms in total. The van der Waals surface area contributed by atoms with Crippen LogP contribution in [0.5, 0.6) is 0 Å². The van der Waals surface area contributed by atoms with Gasteiger partial charge in [-0.05, 0) is 36.8 Å². The third-order valence-electron chi connectivity index (χ3n) is 5.30. The minimum atomic E-state index is -0.972. The number of hydrogen-bond acceptors (Lipinski definition) is 7. The molecule has 2 aromatic heterocycles. The highest BCUT2D eigenvalue weighted by Crippen LogP contribution is 2.45. The Kier molecular flexibility index (Phi) is 5.32. The molecular formula is C23H15ClN3O4S2+. The van der Waals surface area contributed by atoms with Crippen molar-refractivity contribution in [2.75, 3.05) is 4.90 Å². The molecule has 1 atom stereocenters. The highest BCUT2D eigenvalue weighted by atomic mass is 35.5. The number of aryl methyl sites for hydroxylation is 1. The fourth-order valence-electron chi connectivity index (χ4n) is 3.82. The minimum absolute atomic E-state index is 0.0600. The number of nitroso groups, excluding NO2 is 1. The first-order valence-corrected chi connectivity index (χ1v) is 11.8. The van der Waals surface area contributed by atoms with Crippen molar-refractivity contribution in [1.29, 1.82) is 0 Å². The maximum Gasteiger partial charge on any atom is 0.296 e. The van der Waals surface area contributed by atoms with Crippen molar-refractivity contribution in [2.45, 2.75) is 13.0 Å². The zero-order valence-corrected chi connectivity index (χ0v) is 19.4. The predicted octanol–water partition coefficient (Wildman–Crippen LogP) is 4.58. The van der Waals surface area contributed by atoms with Gasteiger partial charge in [-0.3, -0.25) is 14.5 Å². The number of amides is 1. The van der Waals surface area contributed by atoms with Crippen LogP contribution in [0.25, 0.3) is 10.2 Å². The lowest BCUT2D eigenvalue weighted by Crippen LogP contribution is -2.55. The number of Topliss-reactive ketones (excluding diaryl/α,β-unsaturated/α-hetero) is 1. The summed E-state index contributed by atoms with van der Waals surface area (Å²) in [6, 6.07) is 14.3. The molecule has 0 bridgehead atoms. The molecule has 0 saturated heterocycles. The largest absolute Gasteiger partial charge is 0.503 e. The summed E-state index contributed by atoms with van der Waals surface area (Å²) in [6.45, 7) is 1.87. The van der Waals surface area contributed by atoms with Crippen molar-refractivity contribution in [3.63, 3.8) is 0 Å². The Labute approximate surface area is 200 Å². The smallest absolute Gasteiger partial charge is 0.296 e. The highest BCUT2D eigenvalue weighted by molar-refractivity contribution is 7.22. The van der Waals surface area contributed by atoms with Gasteiger partial charge in [0, 0.05) is 27.1 Å². The third kappa shape index (κ3) is 3.54. The molecule has 2 N–H and O–H groups in total. The number of aliphatic hydroxyl groups excluding tert-OH is 1. The average Bonchev–Trinajstić information content (AvgIpc) is 3.50. The summed E-state index contributed by atoms with van der Waals surface area (Å²) < 4.78 is 0.757. The monoisotopic (exact) mass is 496 g/mol. The van der Waals surface area contributed by atoms with E-state index in [1.807, 2.05) is 18.2 Å². The normalized spacial score (nSPS) is 16.1. The fraction of sp³-hybridized carbons (Fsp3) is 0.0870. The van der Waals surface area contributed by atoms with Crippen LogP contribution in [0.2, 0.25) is 5.02 Å². The van der Waals surface area contributed by atoms with Crippen molar-refractivity contribution in [3.8, 4) is 0 Å². The van der Waals surface area contributed by atoms with Crippen LogP contribution in [-0.4, -0.2) is 21.8 Å². The number of aliphatic hydroxyl groups is 1. The number of thiophene rings is 1. The number of aromatic nitrogens is 1. The molecule has 0 aliphatic carbocycles. The molecule has 1 unspecified atom stereocenters. The van der Waals surface area contributed by atoms with Gasteiger partial charge in [-0.1, -0.05) is 41.1 Å². The number of carbonyl (C=O) groups excluding carboxylic acids is 2. The number of thiazole rings is 1. The summed E-state index contributed by atoms with van der Waals surface area (Å²) in [7, 11) is 0. The maximum atomic E-state index is 13.5. The molecule has 0 saturated carbocycles. The van der Waals surface area contributed by atoms with Crippen LogP contribution in [0, 0.1) is 11.8 Å². The topological polar surface area (TPSA) is 102 Å². The van der Waals surface area contributed by atoms with Gasteiger partial charge in [0.05, 0.1) is 26.2 Å². The average molecular weight is 497 g/mol. The van der Waals surface area contributed by atoms with Crippen LogP contribution in [0.15, 0.2) is 65.9 Å². The summed E-state index contributed by atoms with van der Waals surface area (Å²) in [5.41, 5.74) is 1.21. The Morgan fingerprint density at radius 2 is 1.94 bits per heavy atom. The van der Waals surface area contributed by atoms with Crippen LogP contribution in [0.3, 0.4) is 0 Å². The first-order valence-electron chi connectivity index (χ1n) is 9.80. The van der Waals surface area contributed by atoms with E-state index in [4.69, 9.17) is 11.6 Å². The van der Waals surface area contributed by atoms with E-state index in [0.717, 1.165) is 9.58 Å². The fourth-order valence-corrected chi connectivity index (χ4v) is 5.93. The molecule has 3 heterocycles. The van der Waals surface area contributed by atoms with Crippen molar-refractivity contribution in [2.24, 2.45) is 0 Å². The summed E-state index contributed by atoms with van der Waals surface area (Å²) in [5, 5.41) is 13.4. The van der Waals surface area contributed by atoms with Crippen molar-refractivity contribution < 1.29 is 19.9 Å². The van der Waals surface area contributed by atoms with E-state index in [0.29, 0.717) is 21.0 Å². The van der Waals surface area contributed by atoms with Crippen LogP contribution in [0.4, 0.5) is 10.8 Å². The van der Waals surface area contributed by atoms with Gasteiger partial charge in [-0.2, -0.15) is 0 Å². The Bertz CT molecular complexity index is 1490. The molecule has 0 radical (unpaired) electrons. The number of benzene rings is 2. The number of fused-ring (bicyclic) bond motifs is 1. The summed E-state index contributed by atoms with van der Waals surface area (Å²) in [5.74, 6) is -1.83. The molecule has 4 aromatic rings. The Hall–Kier alpha value is -3.40. The molecule has 2 aromatic carbocycles. The zero-order chi connectivity index (χ0) is 23.3. The predicted molar refractivity (Wildman–Crippen MR) is 128 cm³/mol. The van der Waals surface area contributed by atoms with Gasteiger partial charge >= 0.3 is 0 Å². The maximum absolute atomic E-state index is 13.5. The Morgan fingerprint density at radius 1 is 1.15 bits per heavy atom. The molecule has 1 aliphatic rings. The van der Waals surface area contributed by atoms with Gasteiger partial charge in [0.2, 0.25) is 5.78 Å². The molecular weight excluding hydrogens is 482 g/mol. The van der Waals surface area contributed by atoms with Gasteiger partial charge < -0.3 is 5.11 Å². The van der Waals surface area contributed by atoms with Crippen LogP contribution in [-0.2, 0) is 4.79 Å². The van der Waals surface area contributed by atoms with Crippen molar-refractivity contribution in [3.05, 3.63) is 91.2 Å². The van der Waals surface area contributed by atoms with E-state index < -0.39 is 23.5 Å². The van der Waals surface area contributed by atoms with Gasteiger partial charge in [-0.25, -0.2) is 4.98 Å². The molecule has 5 rings (SSSR count). The second-order valence-electron chi connectivity index (χ2n) is 7.39. The lowest BCUT2D eigenvalue weighted by atomic mass is 9.95. The number of carbonyl (C=O) groups is 2. The van der Waals surface area contributed by atoms with Crippen LogP contribution in [0.1, 0.15) is 26.2 Å². The molecule has 0 fully saturated rings. The van der Waals surface area contributed by atoms with E-state index >= 15 is 0 Å². The first-order chi connectivity index (χ1) is 15.9. The minimum Gasteiger partial charge on any atom is -0.503 e. The van der Waals surface area contributed by atoms with Gasteiger partial charge in [-0.15, -0.1) is 11.3 Å². The Balaban J connectivity index is 1.71. The molecule has 164 valence electrons. The van der Waals surface area contributed by atoms with E-state index in [1.54, 1.807) is 48.5 Å². The highest BCUT2D eigenvalue weighted by Gasteiger charge is 2.46. The molecule has 10 heteroatoms. The first kappa shape index (κ1) is 21.4. The lowest BCUT2D eigenvalue weighted by Gasteiger charge is -2.24. The molecule has 1 amide bonds. The number of rotatable bonds is 5. The lowest BCUT2D eigenvalue weighted by molar-refractivity contribution is -0.379. The SMILES string of the molecule is Cc1ccc(C(=O)C2=C(O)C(=O)N(c3nc4c(Cl)cccc4s3)C2c2cccc([NH+]=O)c2)s1. The number of hydrogen-bond donors (Lipinski definition) is 2. The summed E-state index contributed by atoms with van der Waals surface area (Å²) in [6.07, 6.45) is 0. The quantitative estimate of drug-likeness (QED) is 0.394. The van der Waals surface area contributed by atoms with Crippen molar-refractivity contribution in [1.82, 2.24) is 4.98 Å². The third-order valence-corrected chi connectivity index (χ3v) is 7.63. The van der Waals surface area contributed by atoms with E-state index in [9.17, 15) is 19.6 Å². The van der Waals surface area contributed by atoms with E-state index in [2.05, 4.69) is 4.98 Å². The molecule has 1 aliphatic heterocycles. The van der Waals surface area contributed by atoms with Crippen LogP contribution >= 0.6 is 34.3 Å². The van der Waals surface area contributed by atoms with Gasteiger partial charge in [0.15, 0.2) is 10.9 Å². The summed E-state index contributed by atoms with van der Waals surface area (Å²) in [4.78, 5) is 45.2. The van der Waals surface area contributed by atoms with E-state index in [1.165, 1.54) is 27.6 Å². The number of nitrogens with one attached hydrogen (secondary N) is 1. The standard InChI is InChI=1S/C23H14ClN3O4S2/c1-11-8-9-16(32-11)20(28)17-19(12-4-2-5-13(10-12)26-31)27(22(30)21(17)29)23-25-18-14(24)6-3-7-15(18)33-23/h2-10,19,29H,1H3/p+1. The number of para-hydroxylation sites is 1.